The molecule has 1 amide bonds. The van der Waals surface area contributed by atoms with Gasteiger partial charge < -0.3 is 0 Å². The van der Waals surface area contributed by atoms with Crippen molar-refractivity contribution in [1.29, 1.82) is 0 Å². The van der Waals surface area contributed by atoms with Gasteiger partial charge in [0.05, 0.1) is 0 Å². The second-order valence-electron chi connectivity index (χ2n) is 10.5. The summed E-state index contributed by atoms with van der Waals surface area (Å²) in [6.07, 6.45) is 14.3. The molecule has 1 aliphatic rings. The molecular weight excluding hydrogens is 493 g/mol. The van der Waals surface area contributed by atoms with Gasteiger partial charge in [-0.3, -0.25) is 0 Å². The number of hydrogen-bond acceptors (Lipinski definition) is 3. The maximum atomic E-state index is 12.4. The van der Waals surface area contributed by atoms with E-state index in [-0.39, 0.29) is 6.09 Å². The Morgan fingerprint density at radius 3 is 2.00 bits per heavy atom. The molecule has 0 radical (unpaired) electrons. The number of likely N-dealkylation sites (tertiary alicyclic amines) is 1. The van der Waals surface area contributed by atoms with Crippen LogP contribution in [0.15, 0.2) is 12.5 Å². The molecule has 5 nitrogen and oxygen atoms in total. The summed E-state index contributed by atoms with van der Waals surface area (Å²) >= 11 is -2.46. The first-order chi connectivity index (χ1) is 14.7. The molecule has 6 heteroatoms. The van der Waals surface area contributed by atoms with Gasteiger partial charge in [0.1, 0.15) is 0 Å². The number of piperidine rings is 1. The van der Waals surface area contributed by atoms with E-state index in [1.54, 1.807) is 0 Å². The topological polar surface area (TPSA) is 47.4 Å². The number of imidazole rings is 1. The number of carbonyl (C=O) groups excluding carboxylic acids is 1. The Morgan fingerprint density at radius 2 is 1.55 bits per heavy atom. The second-order valence-corrected chi connectivity index (χ2v) is 23.5. The number of nitrogens with zero attached hydrogens (tertiary/aromatic N) is 3. The van der Waals surface area contributed by atoms with E-state index in [0.717, 1.165) is 25.9 Å². The number of ether oxygens (including phenoxy) is 1. The van der Waals surface area contributed by atoms with E-state index in [4.69, 9.17) is 9.72 Å². The summed E-state index contributed by atoms with van der Waals surface area (Å²) in [5.74, 6) is 0. The fraction of sp³-hybridized carbons (Fsp3) is 0.840. The SMILES string of the molecule is CCC[CH2][Sn]([CH2]CCC)([CH2]CCC)[c]1cn(C2CCN(C(=O)OC(C)(C)C)CC2)cn1. The zero-order valence-electron chi connectivity index (χ0n) is 21.1. The molecule has 0 spiro atoms. The summed E-state index contributed by atoms with van der Waals surface area (Å²) in [7, 11) is 0. The van der Waals surface area contributed by atoms with Crippen LogP contribution in [0.25, 0.3) is 0 Å². The molecule has 31 heavy (non-hydrogen) atoms. The van der Waals surface area contributed by atoms with Crippen molar-refractivity contribution in [3.8, 4) is 0 Å². The van der Waals surface area contributed by atoms with Crippen molar-refractivity contribution in [3.05, 3.63) is 12.5 Å². The van der Waals surface area contributed by atoms with Gasteiger partial charge in [-0.2, -0.15) is 0 Å². The third-order valence-corrected chi connectivity index (χ3v) is 21.8. The molecule has 1 aromatic rings. The van der Waals surface area contributed by atoms with Crippen LogP contribution >= 0.6 is 0 Å². The minimum atomic E-state index is -2.46. The van der Waals surface area contributed by atoms with E-state index in [9.17, 15) is 4.79 Å². The summed E-state index contributed by atoms with van der Waals surface area (Å²) in [4.78, 5) is 19.3. The van der Waals surface area contributed by atoms with Crippen LogP contribution in [0.5, 0.6) is 0 Å². The molecule has 1 aliphatic heterocycles. The van der Waals surface area contributed by atoms with Crippen molar-refractivity contribution in [3.63, 3.8) is 0 Å². The predicted octanol–water partition coefficient (Wildman–Crippen LogP) is 6.51. The van der Waals surface area contributed by atoms with Crippen molar-refractivity contribution < 1.29 is 9.53 Å². The van der Waals surface area contributed by atoms with E-state index < -0.39 is 24.0 Å². The normalized spacial score (nSPS) is 16.0. The quantitative estimate of drug-likeness (QED) is 0.301. The van der Waals surface area contributed by atoms with Crippen LogP contribution in [-0.2, 0) is 4.74 Å². The molecule has 1 aromatic heterocycles. The number of aromatic nitrogens is 2. The van der Waals surface area contributed by atoms with Crippen LogP contribution < -0.4 is 3.71 Å². The second kappa shape index (κ2) is 12.5. The van der Waals surface area contributed by atoms with Crippen LogP contribution in [0.1, 0.15) is 99.0 Å². The van der Waals surface area contributed by atoms with Gasteiger partial charge >= 0.3 is 196 Å². The Hall–Kier alpha value is -0.721. The first kappa shape index (κ1) is 26.5. The van der Waals surface area contributed by atoms with Crippen molar-refractivity contribution in [1.82, 2.24) is 14.5 Å². The molecular formula is C25H47N3O2Sn. The average molecular weight is 540 g/mol. The van der Waals surface area contributed by atoms with Gasteiger partial charge in [-0.05, 0) is 0 Å². The Labute approximate surface area is 195 Å². The van der Waals surface area contributed by atoms with E-state index in [2.05, 4.69) is 37.9 Å². The summed E-state index contributed by atoms with van der Waals surface area (Å²) in [6, 6.07) is 0.451. The molecule has 1 fully saturated rings. The van der Waals surface area contributed by atoms with Gasteiger partial charge in [0, 0.05) is 0 Å². The van der Waals surface area contributed by atoms with Crippen molar-refractivity contribution >= 4 is 28.2 Å². The Kier molecular flexibility index (Phi) is 10.7. The van der Waals surface area contributed by atoms with Gasteiger partial charge in [-0.25, -0.2) is 0 Å². The number of unbranched alkanes of at least 4 members (excludes halogenated alkanes) is 3. The zero-order chi connectivity index (χ0) is 22.9. The summed E-state index contributed by atoms with van der Waals surface area (Å²) in [5.41, 5.74) is -0.432. The van der Waals surface area contributed by atoms with E-state index in [1.807, 2.05) is 25.7 Å². The fourth-order valence-electron chi connectivity index (χ4n) is 4.79. The maximum absolute atomic E-state index is 12.4. The van der Waals surface area contributed by atoms with Crippen LogP contribution in [0, 0.1) is 0 Å². The molecule has 0 N–H and O–H groups in total. The predicted molar refractivity (Wildman–Crippen MR) is 133 cm³/mol. The number of amides is 1. The van der Waals surface area contributed by atoms with Crippen molar-refractivity contribution in [2.75, 3.05) is 13.1 Å². The first-order valence-electron chi connectivity index (χ1n) is 12.8. The molecule has 0 bridgehead atoms. The third kappa shape index (κ3) is 7.97. The monoisotopic (exact) mass is 541 g/mol. The van der Waals surface area contributed by atoms with Gasteiger partial charge in [0.15, 0.2) is 0 Å². The Bertz CT molecular complexity index is 638. The molecule has 0 saturated carbocycles. The van der Waals surface area contributed by atoms with E-state index in [0.29, 0.717) is 6.04 Å². The third-order valence-electron chi connectivity index (χ3n) is 6.71. The average Bonchev–Trinajstić information content (AvgIpc) is 3.23. The summed E-state index contributed by atoms with van der Waals surface area (Å²) in [6.45, 7) is 14.3. The van der Waals surface area contributed by atoms with Gasteiger partial charge in [-0.15, -0.1) is 0 Å². The Morgan fingerprint density at radius 1 is 1.03 bits per heavy atom. The zero-order valence-corrected chi connectivity index (χ0v) is 23.9. The van der Waals surface area contributed by atoms with E-state index in [1.165, 1.54) is 55.5 Å². The molecule has 0 atom stereocenters. The molecule has 0 aromatic carbocycles. The van der Waals surface area contributed by atoms with Crippen LogP contribution in [0.2, 0.25) is 13.3 Å². The number of carbonyl (C=O) groups is 1. The molecule has 1 saturated heterocycles. The van der Waals surface area contributed by atoms with Crippen LogP contribution in [0.4, 0.5) is 4.79 Å². The Balaban J connectivity index is 2.09. The van der Waals surface area contributed by atoms with Gasteiger partial charge in [0.25, 0.3) is 0 Å². The van der Waals surface area contributed by atoms with Gasteiger partial charge in [0.2, 0.25) is 0 Å². The van der Waals surface area contributed by atoms with E-state index >= 15 is 0 Å². The first-order valence-corrected chi connectivity index (χ1v) is 20.2. The fourth-order valence-corrected chi connectivity index (χ4v) is 20.1. The molecule has 2 heterocycles. The van der Waals surface area contributed by atoms with Crippen LogP contribution in [-0.4, -0.2) is 57.6 Å². The minimum absolute atomic E-state index is 0.175. The molecule has 0 unspecified atom stereocenters. The van der Waals surface area contributed by atoms with Crippen molar-refractivity contribution in [2.24, 2.45) is 0 Å². The van der Waals surface area contributed by atoms with Gasteiger partial charge in [-0.1, -0.05) is 0 Å². The summed E-state index contributed by atoms with van der Waals surface area (Å²) in [5, 5.41) is 0. The molecule has 2 rings (SSSR count). The standard InChI is InChI=1S/C13H20N3O2.3C4H9.Sn/c1-13(2,3)18-12(17)15-7-4-11(5-8-15)16-9-6-14-10-16;3*1-3-4-2;/h9-11H,4-5,7-8H2,1-3H3;3*1,3-4H2,2H3;. The summed E-state index contributed by atoms with van der Waals surface area (Å²) < 4.78 is 13.8. The number of hydrogen-bond donors (Lipinski definition) is 0. The van der Waals surface area contributed by atoms with Crippen molar-refractivity contribution in [2.45, 2.75) is 118 Å². The number of rotatable bonds is 11. The molecule has 0 aliphatic carbocycles. The molecule has 178 valence electrons. The van der Waals surface area contributed by atoms with Crippen LogP contribution in [0.3, 0.4) is 0 Å².